The van der Waals surface area contributed by atoms with Gasteiger partial charge in [0.25, 0.3) is 0 Å². The molecule has 2 nitrogen and oxygen atoms in total. The van der Waals surface area contributed by atoms with Crippen LogP contribution in [0, 0.1) is 55.4 Å². The summed E-state index contributed by atoms with van der Waals surface area (Å²) < 4.78 is 0. The number of benzene rings is 5. The topological polar surface area (TPSA) is 6.48 Å². The van der Waals surface area contributed by atoms with Crippen LogP contribution in [0.3, 0.4) is 0 Å². The van der Waals surface area contributed by atoms with Crippen molar-refractivity contribution in [3.05, 3.63) is 147 Å². The minimum Gasteiger partial charge on any atom is -0.326 e. The van der Waals surface area contributed by atoms with Crippen molar-refractivity contribution in [3.63, 3.8) is 0 Å². The van der Waals surface area contributed by atoms with Gasteiger partial charge in [-0.1, -0.05) is 154 Å². The van der Waals surface area contributed by atoms with Crippen molar-refractivity contribution in [1.29, 1.82) is 0 Å². The molecule has 4 aliphatic rings. The fourth-order valence-corrected chi connectivity index (χ4v) is 21.2. The summed E-state index contributed by atoms with van der Waals surface area (Å²) in [6.45, 7) is 19.1. The Hall–Kier alpha value is -4.26. The van der Waals surface area contributed by atoms with E-state index in [0.717, 1.165) is 24.4 Å². The van der Waals surface area contributed by atoms with Gasteiger partial charge in [-0.25, -0.2) is 0 Å². The summed E-state index contributed by atoms with van der Waals surface area (Å²) in [5.74, 6) is 0. The number of aryl methyl sites for hydroxylation is 6. The fraction of sp³-hybridized carbons (Fsp3) is 0.450. The minimum atomic E-state index is -2.00. The first-order valence-corrected chi connectivity index (χ1v) is 27.0. The van der Waals surface area contributed by atoms with Gasteiger partial charge in [0.05, 0.1) is 0 Å². The van der Waals surface area contributed by atoms with Gasteiger partial charge in [-0.3, -0.25) is 0 Å². The Bertz CT molecular complexity index is 2370. The Labute approximate surface area is 382 Å². The summed E-state index contributed by atoms with van der Waals surface area (Å²) in [5, 5.41) is 0. The lowest BCUT2D eigenvalue weighted by molar-refractivity contribution is 0.475. The van der Waals surface area contributed by atoms with E-state index in [9.17, 15) is 0 Å². The van der Waals surface area contributed by atoms with E-state index in [1.807, 2.05) is 0 Å². The number of hydrogen-bond donors (Lipinski definition) is 0. The van der Waals surface area contributed by atoms with E-state index in [0.29, 0.717) is 5.66 Å². The van der Waals surface area contributed by atoms with Gasteiger partial charge in [0.1, 0.15) is 5.54 Å². The number of anilines is 2. The fourth-order valence-electron chi connectivity index (χ4n) is 13.6. The third-order valence-corrected chi connectivity index (χ3v) is 22.6. The molecule has 0 N–H and O–H groups in total. The van der Waals surface area contributed by atoms with Crippen molar-refractivity contribution < 1.29 is 0 Å². The standard InChI is InChI=1S/C60H75N2P/c1-41-22-20-23-42(2)56(41)53-36-34-45(5)58(47(53)7)61-38-39-62(59-46(6)35-37-54(48(59)8)57-43(3)24-21-25-44(57)4)60(61)63(51-29-14-10-15-30-51,52-31-16-11-17-32-52)55-33-19-18-28-50(55)40-49-26-12-9-13-27-49/h9,12-13,20-27,34-37,40,51-52,55H,10-11,14-19,28-33,38-39H2,1-8H3. The van der Waals surface area contributed by atoms with Crippen LogP contribution in [0.2, 0.25) is 0 Å². The van der Waals surface area contributed by atoms with Gasteiger partial charge in [-0.05, 0) is 184 Å². The van der Waals surface area contributed by atoms with Crippen LogP contribution in [0.4, 0.5) is 11.4 Å². The Morgan fingerprint density at radius 2 is 0.889 bits per heavy atom. The molecule has 330 valence electrons. The molecule has 1 aliphatic heterocycles. The van der Waals surface area contributed by atoms with Gasteiger partial charge in [0, 0.05) is 30.1 Å². The molecular formula is C60H75N2P. The molecule has 3 heteroatoms. The predicted molar refractivity (Wildman–Crippen MR) is 279 cm³/mol. The summed E-state index contributed by atoms with van der Waals surface area (Å²) in [7, 11) is 0. The zero-order chi connectivity index (χ0) is 43.8. The quantitative estimate of drug-likeness (QED) is 0.144. The first kappa shape index (κ1) is 44.0. The average molecular weight is 855 g/mol. The van der Waals surface area contributed by atoms with Crippen LogP contribution in [-0.2, 0) is 0 Å². The summed E-state index contributed by atoms with van der Waals surface area (Å²) >= 11 is 0. The molecule has 0 amide bonds. The second kappa shape index (κ2) is 18.7. The maximum Gasteiger partial charge on any atom is 0.109 e. The molecule has 5 aromatic rings. The molecule has 3 aliphatic carbocycles. The molecule has 0 aromatic heterocycles. The summed E-state index contributed by atoms with van der Waals surface area (Å²) in [6.07, 6.45) is 21.9. The van der Waals surface area contributed by atoms with Crippen LogP contribution in [0.15, 0.2) is 96.6 Å². The summed E-state index contributed by atoms with van der Waals surface area (Å²) in [4.78, 5) is 6.08. The molecule has 9 rings (SSSR count). The van der Waals surface area contributed by atoms with E-state index >= 15 is 0 Å². The zero-order valence-corrected chi connectivity index (χ0v) is 41.0. The number of rotatable bonds is 8. The third-order valence-electron chi connectivity index (χ3n) is 16.3. The van der Waals surface area contributed by atoms with E-state index < -0.39 is 6.89 Å². The molecule has 1 saturated heterocycles. The third kappa shape index (κ3) is 8.00. The molecule has 1 atom stereocenters. The first-order chi connectivity index (χ1) is 30.6. The van der Waals surface area contributed by atoms with E-state index in [1.165, 1.54) is 174 Å². The van der Waals surface area contributed by atoms with E-state index in [4.69, 9.17) is 0 Å². The highest BCUT2D eigenvalue weighted by atomic mass is 31.2. The summed E-state index contributed by atoms with van der Waals surface area (Å²) in [5.41, 5.74) is 27.0. The van der Waals surface area contributed by atoms with Gasteiger partial charge in [0.2, 0.25) is 0 Å². The van der Waals surface area contributed by atoms with E-state index in [1.54, 1.807) is 11.1 Å². The Balaban J connectivity index is 1.42. The molecular weight excluding hydrogens is 780 g/mol. The van der Waals surface area contributed by atoms with Crippen molar-refractivity contribution in [1.82, 2.24) is 0 Å². The zero-order valence-electron chi connectivity index (χ0n) is 40.1. The van der Waals surface area contributed by atoms with Gasteiger partial charge in [-0.15, -0.1) is 0 Å². The number of hydrogen-bond acceptors (Lipinski definition) is 0. The Morgan fingerprint density at radius 3 is 1.35 bits per heavy atom. The van der Waals surface area contributed by atoms with Gasteiger partial charge < -0.3 is 9.80 Å². The van der Waals surface area contributed by atoms with Crippen LogP contribution in [0.25, 0.3) is 28.3 Å². The summed E-state index contributed by atoms with van der Waals surface area (Å²) in [6, 6.07) is 35.0. The molecule has 3 saturated carbocycles. The largest absolute Gasteiger partial charge is 0.326 e. The monoisotopic (exact) mass is 855 g/mol. The highest BCUT2D eigenvalue weighted by Crippen LogP contribution is 2.72. The molecule has 5 aromatic carbocycles. The van der Waals surface area contributed by atoms with Crippen molar-refractivity contribution in [3.8, 4) is 22.3 Å². The van der Waals surface area contributed by atoms with Gasteiger partial charge in [0.15, 0.2) is 0 Å². The van der Waals surface area contributed by atoms with E-state index in [2.05, 4.69) is 162 Å². The van der Waals surface area contributed by atoms with Crippen molar-refractivity contribution >= 4 is 29.9 Å². The maximum absolute atomic E-state index is 3.04. The average Bonchev–Trinajstić information content (AvgIpc) is 3.71. The van der Waals surface area contributed by atoms with Crippen LogP contribution in [0.5, 0.6) is 0 Å². The molecule has 0 spiro atoms. The van der Waals surface area contributed by atoms with Crippen LogP contribution in [-0.4, -0.2) is 35.6 Å². The molecule has 0 radical (unpaired) electrons. The lowest BCUT2D eigenvalue weighted by atomic mass is 9.90. The second-order valence-electron chi connectivity index (χ2n) is 20.3. The molecule has 0 bridgehead atoms. The van der Waals surface area contributed by atoms with Crippen molar-refractivity contribution in [2.24, 2.45) is 0 Å². The molecule has 1 unspecified atom stereocenters. The predicted octanol–water partition coefficient (Wildman–Crippen LogP) is 16.6. The minimum absolute atomic E-state index is 0.612. The highest BCUT2D eigenvalue weighted by Gasteiger charge is 2.51. The van der Waals surface area contributed by atoms with Crippen LogP contribution in [0.1, 0.15) is 140 Å². The SMILES string of the molecule is Cc1cccc(C)c1-c1ccc(C)c(N2CCN(c3c(C)ccc(-c4c(C)cccc4C)c3C)C2=P(C2CCCCC2)(C2CCCCC2)C2CCCCC2=Cc2ccccc2)c1C. The first-order valence-electron chi connectivity index (χ1n) is 25.0. The van der Waals surface area contributed by atoms with Gasteiger partial charge in [-0.2, -0.15) is 0 Å². The number of allylic oxidation sites excluding steroid dienone is 1. The van der Waals surface area contributed by atoms with Crippen LogP contribution >= 0.6 is 6.89 Å². The smallest absolute Gasteiger partial charge is 0.109 e. The van der Waals surface area contributed by atoms with Gasteiger partial charge >= 0.3 is 0 Å². The lowest BCUT2D eigenvalue weighted by Gasteiger charge is -2.54. The molecule has 63 heavy (non-hydrogen) atoms. The Morgan fingerprint density at radius 1 is 0.444 bits per heavy atom. The second-order valence-corrected chi connectivity index (χ2v) is 24.4. The Kier molecular flexibility index (Phi) is 13.0. The van der Waals surface area contributed by atoms with Crippen molar-refractivity contribution in [2.75, 3.05) is 22.9 Å². The van der Waals surface area contributed by atoms with E-state index in [-0.39, 0.29) is 0 Å². The maximum atomic E-state index is 3.04. The molecule has 1 heterocycles. The highest BCUT2D eigenvalue weighted by molar-refractivity contribution is 7.78. The lowest BCUT2D eigenvalue weighted by Crippen LogP contribution is -2.45. The molecule has 4 fully saturated rings. The van der Waals surface area contributed by atoms with Crippen LogP contribution < -0.4 is 9.80 Å². The number of nitrogens with zero attached hydrogens (tertiary/aromatic N) is 2. The van der Waals surface area contributed by atoms with Crippen molar-refractivity contribution in [2.45, 2.75) is 162 Å². The normalized spacial score (nSPS) is 20.0.